The monoisotopic (exact) mass is 702 g/mol. The summed E-state index contributed by atoms with van der Waals surface area (Å²) in [7, 11) is 0. The van der Waals surface area contributed by atoms with E-state index in [9.17, 15) is 29.4 Å². The van der Waals surface area contributed by atoms with Gasteiger partial charge in [0, 0.05) is 13.2 Å². The Bertz CT molecular complexity index is 1220. The highest BCUT2D eigenvalue weighted by atomic mass is 16.6. The summed E-state index contributed by atoms with van der Waals surface area (Å²) < 4.78 is 32.7. The van der Waals surface area contributed by atoms with Crippen molar-refractivity contribution in [1.29, 1.82) is 0 Å². The van der Waals surface area contributed by atoms with Gasteiger partial charge in [0.15, 0.2) is 0 Å². The number of carbonyl (C=O) groups is 4. The van der Waals surface area contributed by atoms with Crippen LogP contribution in [0.4, 0.5) is 0 Å². The molecule has 0 bridgehead atoms. The molecule has 2 N–H and O–H groups in total. The van der Waals surface area contributed by atoms with Gasteiger partial charge in [-0.15, -0.1) is 0 Å². The lowest BCUT2D eigenvalue weighted by Gasteiger charge is -2.32. The second-order valence-electron chi connectivity index (χ2n) is 11.8. The summed E-state index contributed by atoms with van der Waals surface area (Å²) in [5.41, 5.74) is 1.46. The SMILES string of the molecule is CCCOCCOCCOC(=O)C(CC(=O)O)CC(c1ccccc1)C(C(=O)O)C(CCc1ccccc1)C(=O)OCCOCCOCCC. The molecule has 0 aliphatic carbocycles. The number of hydrogen-bond acceptors (Lipinski definition) is 10. The molecule has 12 nitrogen and oxygen atoms in total. The van der Waals surface area contributed by atoms with Crippen molar-refractivity contribution in [3.05, 3.63) is 71.8 Å². The standard InChI is InChI=1S/C38H54O12/c1-3-17-45-19-21-47-23-25-49-37(43)31(28-34(39)40)27-33(30-13-9-6-10-14-30)35(36(41)42)32(16-15-29-11-7-5-8-12-29)38(44)50-26-24-48-22-20-46-18-4-2/h5-14,31-33,35H,3-4,15-28H2,1-2H3,(H,39,40)(H,41,42). The van der Waals surface area contributed by atoms with E-state index in [2.05, 4.69) is 0 Å². The van der Waals surface area contributed by atoms with Crippen LogP contribution >= 0.6 is 0 Å². The minimum atomic E-state index is -1.35. The number of carboxylic acid groups (broad SMARTS) is 2. The molecular weight excluding hydrogens is 648 g/mol. The summed E-state index contributed by atoms with van der Waals surface area (Å²) in [5, 5.41) is 20.5. The van der Waals surface area contributed by atoms with Crippen molar-refractivity contribution in [3.8, 4) is 0 Å². The average molecular weight is 703 g/mol. The molecule has 0 aliphatic rings. The Morgan fingerprint density at radius 3 is 1.60 bits per heavy atom. The van der Waals surface area contributed by atoms with E-state index in [1.165, 1.54) is 0 Å². The van der Waals surface area contributed by atoms with Crippen molar-refractivity contribution in [2.75, 3.05) is 66.1 Å². The Balaban J connectivity index is 2.29. The molecule has 0 heterocycles. The molecule has 0 fully saturated rings. The first kappa shape index (κ1) is 42.3. The first-order chi connectivity index (χ1) is 24.3. The third kappa shape index (κ3) is 17.2. The van der Waals surface area contributed by atoms with Gasteiger partial charge in [0.2, 0.25) is 0 Å². The van der Waals surface area contributed by atoms with Crippen LogP contribution in [0.3, 0.4) is 0 Å². The number of hydrogen-bond donors (Lipinski definition) is 2. The number of ether oxygens (including phenoxy) is 6. The molecule has 0 amide bonds. The highest BCUT2D eigenvalue weighted by Crippen LogP contribution is 2.39. The molecule has 0 aliphatic heterocycles. The van der Waals surface area contributed by atoms with E-state index in [0.29, 0.717) is 51.6 Å². The van der Waals surface area contributed by atoms with Crippen LogP contribution in [0.15, 0.2) is 60.7 Å². The molecule has 2 rings (SSSR count). The van der Waals surface area contributed by atoms with Gasteiger partial charge >= 0.3 is 23.9 Å². The molecule has 0 spiro atoms. The molecule has 2 aromatic carbocycles. The number of rotatable bonds is 29. The molecular formula is C38H54O12. The van der Waals surface area contributed by atoms with Crippen molar-refractivity contribution in [1.82, 2.24) is 0 Å². The number of carbonyl (C=O) groups excluding carboxylic acids is 2. The third-order valence-electron chi connectivity index (χ3n) is 7.95. The first-order valence-electron chi connectivity index (χ1n) is 17.5. The van der Waals surface area contributed by atoms with Crippen LogP contribution in [-0.2, 0) is 54.0 Å². The van der Waals surface area contributed by atoms with Gasteiger partial charge in [0.1, 0.15) is 13.2 Å². The maximum atomic E-state index is 13.7. The van der Waals surface area contributed by atoms with Gasteiger partial charge in [-0.25, -0.2) is 0 Å². The smallest absolute Gasteiger partial charge is 0.309 e. The Morgan fingerprint density at radius 1 is 0.620 bits per heavy atom. The van der Waals surface area contributed by atoms with Crippen LogP contribution in [0, 0.1) is 17.8 Å². The van der Waals surface area contributed by atoms with Crippen molar-refractivity contribution in [2.24, 2.45) is 17.8 Å². The third-order valence-corrected chi connectivity index (χ3v) is 7.95. The summed E-state index contributed by atoms with van der Waals surface area (Å²) in [6.07, 6.45) is 1.53. The van der Waals surface area contributed by atoms with Gasteiger partial charge in [-0.1, -0.05) is 74.5 Å². The largest absolute Gasteiger partial charge is 0.481 e. The number of aliphatic carboxylic acids is 2. The second kappa shape index (κ2) is 26.0. The van der Waals surface area contributed by atoms with Gasteiger partial charge < -0.3 is 38.6 Å². The van der Waals surface area contributed by atoms with Gasteiger partial charge in [-0.2, -0.15) is 0 Å². The number of esters is 2. The van der Waals surface area contributed by atoms with E-state index in [1.54, 1.807) is 30.3 Å². The fourth-order valence-corrected chi connectivity index (χ4v) is 5.57. The van der Waals surface area contributed by atoms with Gasteiger partial charge in [0.05, 0.1) is 63.8 Å². The lowest BCUT2D eigenvalue weighted by Crippen LogP contribution is -2.38. The fraction of sp³-hybridized carbons (Fsp3) is 0.579. The van der Waals surface area contributed by atoms with Crippen LogP contribution in [0.2, 0.25) is 0 Å². The normalized spacial score (nSPS) is 13.6. The Kier molecular flexibility index (Phi) is 22.0. The van der Waals surface area contributed by atoms with Crippen LogP contribution in [0.1, 0.15) is 63.0 Å². The van der Waals surface area contributed by atoms with Crippen molar-refractivity contribution >= 4 is 23.9 Å². The Morgan fingerprint density at radius 2 is 1.10 bits per heavy atom. The summed E-state index contributed by atoms with van der Waals surface area (Å²) >= 11 is 0. The molecule has 50 heavy (non-hydrogen) atoms. The van der Waals surface area contributed by atoms with E-state index in [4.69, 9.17) is 28.4 Å². The van der Waals surface area contributed by atoms with E-state index >= 15 is 0 Å². The van der Waals surface area contributed by atoms with Gasteiger partial charge in [0.25, 0.3) is 0 Å². The van der Waals surface area contributed by atoms with Crippen LogP contribution < -0.4 is 0 Å². The summed E-state index contributed by atoms with van der Waals surface area (Å²) in [4.78, 5) is 52.1. The number of benzene rings is 2. The van der Waals surface area contributed by atoms with Gasteiger partial charge in [-0.3, -0.25) is 19.2 Å². The van der Waals surface area contributed by atoms with E-state index in [-0.39, 0.29) is 39.3 Å². The zero-order valence-electron chi connectivity index (χ0n) is 29.4. The van der Waals surface area contributed by atoms with Crippen molar-refractivity contribution < 1.29 is 57.8 Å². The minimum absolute atomic E-state index is 0.0858. The van der Waals surface area contributed by atoms with E-state index < -0.39 is 54.0 Å². The highest BCUT2D eigenvalue weighted by molar-refractivity contribution is 5.83. The maximum Gasteiger partial charge on any atom is 0.309 e. The first-order valence-corrected chi connectivity index (χ1v) is 17.5. The Hall–Kier alpha value is -3.84. The second-order valence-corrected chi connectivity index (χ2v) is 11.8. The zero-order valence-corrected chi connectivity index (χ0v) is 29.4. The van der Waals surface area contributed by atoms with Crippen molar-refractivity contribution in [2.45, 2.75) is 58.3 Å². The number of aryl methyl sites for hydroxylation is 1. The molecule has 278 valence electrons. The number of carboxylic acids is 2. The van der Waals surface area contributed by atoms with Gasteiger partial charge in [-0.05, 0) is 49.1 Å². The highest BCUT2D eigenvalue weighted by Gasteiger charge is 2.43. The maximum absolute atomic E-state index is 13.7. The molecule has 0 radical (unpaired) electrons. The summed E-state index contributed by atoms with van der Waals surface area (Å²) in [6.45, 7) is 6.67. The van der Waals surface area contributed by atoms with Crippen LogP contribution in [-0.4, -0.2) is 100 Å². The molecule has 4 unspecified atom stereocenters. The molecule has 4 atom stereocenters. The van der Waals surface area contributed by atoms with Crippen LogP contribution in [0.25, 0.3) is 0 Å². The topological polar surface area (TPSA) is 164 Å². The molecule has 0 aromatic heterocycles. The average Bonchev–Trinajstić information content (AvgIpc) is 3.11. The minimum Gasteiger partial charge on any atom is -0.481 e. The lowest BCUT2D eigenvalue weighted by atomic mass is 9.71. The molecule has 0 saturated heterocycles. The quantitative estimate of drug-likeness (QED) is 0.0845. The molecule has 0 saturated carbocycles. The molecule has 12 heteroatoms. The lowest BCUT2D eigenvalue weighted by molar-refractivity contribution is -0.161. The fourth-order valence-electron chi connectivity index (χ4n) is 5.57. The zero-order chi connectivity index (χ0) is 36.4. The summed E-state index contributed by atoms with van der Waals surface area (Å²) in [5.74, 6) is -8.61. The van der Waals surface area contributed by atoms with Crippen molar-refractivity contribution in [3.63, 3.8) is 0 Å². The predicted octanol–water partition coefficient (Wildman–Crippen LogP) is 5.17. The Labute approximate surface area is 295 Å². The van der Waals surface area contributed by atoms with Crippen LogP contribution in [0.5, 0.6) is 0 Å². The summed E-state index contributed by atoms with van der Waals surface area (Å²) in [6, 6.07) is 18.0. The predicted molar refractivity (Wildman–Crippen MR) is 185 cm³/mol. The molecule has 2 aromatic rings. The van der Waals surface area contributed by atoms with E-state index in [1.807, 2.05) is 44.2 Å². The van der Waals surface area contributed by atoms with E-state index in [0.717, 1.165) is 18.4 Å².